The number of aromatic nitrogens is 3. The van der Waals surface area contributed by atoms with E-state index >= 15 is 0 Å². The van der Waals surface area contributed by atoms with E-state index in [4.69, 9.17) is 5.11 Å². The molecule has 8 nitrogen and oxygen atoms in total. The fourth-order valence-corrected chi connectivity index (χ4v) is 2.18. The van der Waals surface area contributed by atoms with Crippen LogP contribution in [-0.2, 0) is 10.0 Å². The van der Waals surface area contributed by atoms with Gasteiger partial charge >= 0.3 is 5.97 Å². The van der Waals surface area contributed by atoms with Gasteiger partial charge in [-0.2, -0.15) is 5.10 Å². The lowest BCUT2D eigenvalue weighted by Crippen LogP contribution is -2.13. The molecular weight excluding hydrogens is 279 g/mol. The van der Waals surface area contributed by atoms with Crippen molar-refractivity contribution >= 4 is 21.8 Å². The molecule has 19 heavy (non-hydrogen) atoms. The van der Waals surface area contributed by atoms with E-state index in [1.807, 2.05) is 4.72 Å². The SMILES string of the molecule is O=C(O)c1cc(NS(=O)(=O)c2cncc(F)c2)n[nH]1. The molecule has 0 spiro atoms. The summed E-state index contributed by atoms with van der Waals surface area (Å²) in [5.74, 6) is -2.32. The topological polar surface area (TPSA) is 125 Å². The predicted octanol–water partition coefficient (Wildman–Crippen LogP) is 0.443. The third-order valence-electron chi connectivity index (χ3n) is 2.04. The second kappa shape index (κ2) is 4.65. The first-order valence-electron chi connectivity index (χ1n) is 4.80. The Bertz CT molecular complexity index is 727. The average molecular weight is 286 g/mol. The molecule has 0 saturated heterocycles. The highest BCUT2D eigenvalue weighted by Gasteiger charge is 2.18. The summed E-state index contributed by atoms with van der Waals surface area (Å²) in [5.41, 5.74) is -0.282. The molecular formula is C9H7FN4O4S. The van der Waals surface area contributed by atoms with Crippen LogP contribution in [0, 0.1) is 5.82 Å². The summed E-state index contributed by atoms with van der Waals surface area (Å²) in [6.45, 7) is 0. The third kappa shape index (κ3) is 2.85. The van der Waals surface area contributed by atoms with Crippen molar-refractivity contribution in [2.45, 2.75) is 4.90 Å². The summed E-state index contributed by atoms with van der Waals surface area (Å²) in [4.78, 5) is 13.6. The summed E-state index contributed by atoms with van der Waals surface area (Å²) in [7, 11) is -4.08. The van der Waals surface area contributed by atoms with Gasteiger partial charge in [0.05, 0.1) is 6.20 Å². The molecule has 0 atom stereocenters. The molecule has 0 aliphatic rings. The fraction of sp³-hybridized carbons (Fsp3) is 0. The molecule has 0 radical (unpaired) electrons. The van der Waals surface area contributed by atoms with E-state index < -0.39 is 26.7 Å². The molecule has 0 saturated carbocycles. The monoisotopic (exact) mass is 286 g/mol. The van der Waals surface area contributed by atoms with Crippen molar-refractivity contribution in [3.8, 4) is 0 Å². The van der Waals surface area contributed by atoms with Crippen LogP contribution in [0.25, 0.3) is 0 Å². The van der Waals surface area contributed by atoms with Gasteiger partial charge in [-0.25, -0.2) is 17.6 Å². The van der Waals surface area contributed by atoms with Gasteiger partial charge in [0, 0.05) is 12.3 Å². The van der Waals surface area contributed by atoms with Gasteiger partial charge in [0.2, 0.25) is 0 Å². The Kier molecular flexibility index (Phi) is 3.17. The number of carbonyl (C=O) groups is 1. The van der Waals surface area contributed by atoms with E-state index in [9.17, 15) is 17.6 Å². The third-order valence-corrected chi connectivity index (χ3v) is 3.36. The van der Waals surface area contributed by atoms with Crippen LogP contribution in [0.4, 0.5) is 10.2 Å². The van der Waals surface area contributed by atoms with Crippen molar-refractivity contribution in [2.75, 3.05) is 4.72 Å². The Labute approximate surface area is 106 Å². The lowest BCUT2D eigenvalue weighted by Gasteiger charge is -2.04. The number of aromatic carboxylic acids is 1. The molecule has 0 aromatic carbocycles. The standard InChI is InChI=1S/C9H7FN4O4S/c10-5-1-6(4-11-3-5)19(17,18)14-8-2-7(9(15)16)12-13-8/h1-4H,(H,15,16)(H2,12,13,14). The van der Waals surface area contributed by atoms with E-state index in [2.05, 4.69) is 15.2 Å². The van der Waals surface area contributed by atoms with Crippen LogP contribution in [0.5, 0.6) is 0 Å². The minimum atomic E-state index is -4.08. The fourth-order valence-electron chi connectivity index (χ4n) is 1.22. The lowest BCUT2D eigenvalue weighted by molar-refractivity contribution is 0.0690. The van der Waals surface area contributed by atoms with E-state index in [0.717, 1.165) is 24.5 Å². The summed E-state index contributed by atoms with van der Waals surface area (Å²) in [6.07, 6.45) is 1.81. The number of rotatable bonds is 4. The van der Waals surface area contributed by atoms with Crippen LogP contribution in [0.3, 0.4) is 0 Å². The summed E-state index contributed by atoms with van der Waals surface area (Å²) in [6, 6.07) is 1.77. The zero-order chi connectivity index (χ0) is 14.0. The number of sulfonamides is 1. The Morgan fingerprint density at radius 1 is 1.37 bits per heavy atom. The van der Waals surface area contributed by atoms with E-state index in [-0.39, 0.29) is 11.5 Å². The number of nitrogens with zero attached hydrogens (tertiary/aromatic N) is 2. The number of nitrogens with one attached hydrogen (secondary N) is 2. The van der Waals surface area contributed by atoms with Crippen molar-refractivity contribution in [1.82, 2.24) is 15.2 Å². The number of hydrogen-bond donors (Lipinski definition) is 3. The van der Waals surface area contributed by atoms with Crippen molar-refractivity contribution in [3.05, 3.63) is 36.0 Å². The van der Waals surface area contributed by atoms with Gasteiger partial charge in [-0.1, -0.05) is 0 Å². The quantitative estimate of drug-likeness (QED) is 0.749. The Morgan fingerprint density at radius 3 is 2.68 bits per heavy atom. The minimum Gasteiger partial charge on any atom is -0.477 e. The molecule has 2 rings (SSSR count). The van der Waals surface area contributed by atoms with Gasteiger partial charge in [-0.15, -0.1) is 0 Å². The van der Waals surface area contributed by atoms with Gasteiger partial charge in [0.25, 0.3) is 10.0 Å². The normalized spacial score (nSPS) is 11.2. The van der Waals surface area contributed by atoms with Gasteiger partial charge in [0.1, 0.15) is 16.4 Å². The predicted molar refractivity (Wildman–Crippen MR) is 60.6 cm³/mol. The number of aromatic amines is 1. The maximum Gasteiger partial charge on any atom is 0.353 e. The second-order valence-electron chi connectivity index (χ2n) is 3.42. The molecule has 0 unspecified atom stereocenters. The number of halogens is 1. The zero-order valence-corrected chi connectivity index (χ0v) is 9.98. The molecule has 100 valence electrons. The van der Waals surface area contributed by atoms with Crippen molar-refractivity contribution in [3.63, 3.8) is 0 Å². The lowest BCUT2D eigenvalue weighted by atomic mass is 10.4. The molecule has 0 aliphatic carbocycles. The molecule has 0 amide bonds. The Morgan fingerprint density at radius 2 is 2.11 bits per heavy atom. The smallest absolute Gasteiger partial charge is 0.353 e. The van der Waals surface area contributed by atoms with Crippen LogP contribution in [-0.4, -0.2) is 34.7 Å². The highest BCUT2D eigenvalue weighted by Crippen LogP contribution is 2.14. The first kappa shape index (κ1) is 13.0. The maximum atomic E-state index is 12.9. The highest BCUT2D eigenvalue weighted by atomic mass is 32.2. The number of carboxylic acid groups (broad SMARTS) is 1. The molecule has 2 heterocycles. The van der Waals surface area contributed by atoms with Crippen LogP contribution < -0.4 is 4.72 Å². The van der Waals surface area contributed by atoms with Crippen LogP contribution in [0.15, 0.2) is 29.4 Å². The molecule has 0 aliphatic heterocycles. The molecule has 0 fully saturated rings. The Hall–Kier alpha value is -2.49. The van der Waals surface area contributed by atoms with Crippen molar-refractivity contribution in [1.29, 1.82) is 0 Å². The van der Waals surface area contributed by atoms with E-state index in [0.29, 0.717) is 0 Å². The molecule has 2 aromatic rings. The second-order valence-corrected chi connectivity index (χ2v) is 5.10. The van der Waals surface area contributed by atoms with Gasteiger partial charge in [-0.3, -0.25) is 14.8 Å². The molecule has 2 aromatic heterocycles. The largest absolute Gasteiger partial charge is 0.477 e. The Balaban J connectivity index is 2.28. The summed E-state index contributed by atoms with van der Waals surface area (Å²) >= 11 is 0. The number of pyridine rings is 1. The first-order chi connectivity index (χ1) is 8.88. The van der Waals surface area contributed by atoms with Crippen molar-refractivity contribution < 1.29 is 22.7 Å². The average Bonchev–Trinajstić information content (AvgIpc) is 2.77. The molecule has 3 N–H and O–H groups in total. The van der Waals surface area contributed by atoms with E-state index in [1.54, 1.807) is 0 Å². The van der Waals surface area contributed by atoms with Crippen LogP contribution in [0.2, 0.25) is 0 Å². The number of carboxylic acids is 1. The number of hydrogen-bond acceptors (Lipinski definition) is 5. The minimum absolute atomic E-state index is 0.221. The van der Waals surface area contributed by atoms with Gasteiger partial charge in [-0.05, 0) is 6.07 Å². The first-order valence-corrected chi connectivity index (χ1v) is 6.29. The number of H-pyrrole nitrogens is 1. The van der Waals surface area contributed by atoms with Crippen molar-refractivity contribution in [2.24, 2.45) is 0 Å². The maximum absolute atomic E-state index is 12.9. The zero-order valence-electron chi connectivity index (χ0n) is 9.16. The number of anilines is 1. The van der Waals surface area contributed by atoms with E-state index in [1.165, 1.54) is 0 Å². The summed E-state index contributed by atoms with van der Waals surface area (Å²) in [5, 5.41) is 14.2. The van der Waals surface area contributed by atoms with Gasteiger partial charge in [0.15, 0.2) is 5.82 Å². The molecule has 0 bridgehead atoms. The van der Waals surface area contributed by atoms with Gasteiger partial charge < -0.3 is 5.11 Å². The highest BCUT2D eigenvalue weighted by molar-refractivity contribution is 7.92. The van der Waals surface area contributed by atoms with Crippen LogP contribution in [0.1, 0.15) is 10.5 Å². The molecule has 10 heteroatoms. The summed E-state index contributed by atoms with van der Waals surface area (Å²) < 4.78 is 38.5. The van der Waals surface area contributed by atoms with Crippen LogP contribution >= 0.6 is 0 Å².